The average molecular weight is 262 g/mol. The number of imidazole rings is 1. The molecular formula is C8H15ClMnN2O2. The van der Waals surface area contributed by atoms with E-state index < -0.39 is 5.97 Å². The minimum Gasteiger partial charge on any atom is -1.00 e. The fourth-order valence-corrected chi connectivity index (χ4v) is 0.689. The van der Waals surface area contributed by atoms with E-state index in [0.29, 0.717) is 0 Å². The minimum absolute atomic E-state index is 0. The molecule has 1 heterocycles. The summed E-state index contributed by atoms with van der Waals surface area (Å²) in [5.74, 6) is -0.833. The first kappa shape index (κ1) is 19.1. The van der Waals surface area contributed by atoms with Gasteiger partial charge in [-0.1, -0.05) is 0 Å². The van der Waals surface area contributed by atoms with E-state index in [2.05, 4.69) is 24.0 Å². The molecular weight excluding hydrogens is 246 g/mol. The zero-order valence-corrected chi connectivity index (χ0v) is 10.4. The Kier molecular flexibility index (Phi) is 14.4. The van der Waals surface area contributed by atoms with E-state index in [-0.39, 0.29) is 29.5 Å². The topological polar surface area (TPSA) is 46.1 Å². The van der Waals surface area contributed by atoms with Gasteiger partial charge in [0, 0.05) is 24.0 Å². The smallest absolute Gasteiger partial charge is 0.300 e. The van der Waals surface area contributed by atoms with E-state index in [9.17, 15) is 0 Å². The van der Waals surface area contributed by atoms with Gasteiger partial charge in [-0.05, 0) is 6.92 Å². The van der Waals surface area contributed by atoms with Crippen molar-refractivity contribution in [2.45, 2.75) is 20.4 Å². The number of aliphatic carboxylic acids is 1. The van der Waals surface area contributed by atoms with Gasteiger partial charge in [-0.15, -0.1) is 0 Å². The Bertz CT molecular complexity index is 249. The van der Waals surface area contributed by atoms with Gasteiger partial charge in [0.25, 0.3) is 5.97 Å². The third kappa shape index (κ3) is 11.5. The number of hydrogen-bond acceptors (Lipinski definition) is 1. The van der Waals surface area contributed by atoms with Gasteiger partial charge in [0.1, 0.15) is 12.4 Å². The molecule has 6 heteroatoms. The van der Waals surface area contributed by atoms with E-state index in [0.717, 1.165) is 13.5 Å². The van der Waals surface area contributed by atoms with Gasteiger partial charge in [-0.2, -0.15) is 0 Å². The summed E-state index contributed by atoms with van der Waals surface area (Å²) in [6.07, 6.45) is 6.14. The van der Waals surface area contributed by atoms with Gasteiger partial charge in [-0.25, -0.2) is 9.13 Å². The predicted molar refractivity (Wildman–Crippen MR) is 44.6 cm³/mol. The maximum atomic E-state index is 9.00. The number of aromatic nitrogens is 2. The maximum absolute atomic E-state index is 9.00. The fourth-order valence-electron chi connectivity index (χ4n) is 0.689. The van der Waals surface area contributed by atoms with Crippen LogP contribution in [0.2, 0.25) is 0 Å². The quantitative estimate of drug-likeness (QED) is 0.446. The molecule has 0 fully saturated rings. The summed E-state index contributed by atoms with van der Waals surface area (Å²) in [6.45, 7) is 4.26. The first-order chi connectivity index (χ1) is 5.56. The summed E-state index contributed by atoms with van der Waals surface area (Å²) in [5, 5.41) is 7.42. The third-order valence-corrected chi connectivity index (χ3v) is 1.19. The largest absolute Gasteiger partial charge is 1.00 e. The van der Waals surface area contributed by atoms with E-state index in [1.165, 1.54) is 0 Å². The number of carboxylic acids is 1. The number of halogens is 1. The molecule has 1 N–H and O–H groups in total. The van der Waals surface area contributed by atoms with E-state index >= 15 is 0 Å². The van der Waals surface area contributed by atoms with Gasteiger partial charge in [-0.3, -0.25) is 4.79 Å². The van der Waals surface area contributed by atoms with Gasteiger partial charge in [0.05, 0.1) is 13.6 Å². The zero-order valence-electron chi connectivity index (χ0n) is 8.44. The van der Waals surface area contributed by atoms with Crippen LogP contribution < -0.4 is 17.0 Å². The Hall–Kier alpha value is -0.511. The summed E-state index contributed by atoms with van der Waals surface area (Å²) in [7, 11) is 2.02. The average Bonchev–Trinajstić information content (AvgIpc) is 2.34. The van der Waals surface area contributed by atoms with Crippen LogP contribution in [0, 0.1) is 0 Å². The summed E-state index contributed by atoms with van der Waals surface area (Å²) < 4.78 is 4.16. The standard InChI is InChI=1S/C6H11N2.C2H4O2.ClH.Mn/c1-3-8-5-4-7(2)6-8;1-2(3)4;;/h4-6H,3H2,1-2H3;1H3,(H,3,4);1H;/q+1;;;/p-1. The Morgan fingerprint density at radius 1 is 1.57 bits per heavy atom. The molecule has 0 aliphatic heterocycles. The van der Waals surface area contributed by atoms with Gasteiger partial charge >= 0.3 is 0 Å². The van der Waals surface area contributed by atoms with E-state index in [1.54, 1.807) is 0 Å². The number of nitrogens with zero attached hydrogens (tertiary/aromatic N) is 2. The van der Waals surface area contributed by atoms with Crippen LogP contribution >= 0.6 is 0 Å². The number of carbonyl (C=O) groups is 1. The van der Waals surface area contributed by atoms with Crippen LogP contribution in [0.1, 0.15) is 13.8 Å². The molecule has 0 amide bonds. The second-order valence-corrected chi connectivity index (χ2v) is 2.43. The van der Waals surface area contributed by atoms with Crippen molar-refractivity contribution in [1.29, 1.82) is 0 Å². The molecule has 1 radical (unpaired) electrons. The summed E-state index contributed by atoms with van der Waals surface area (Å²) in [5.41, 5.74) is 0. The van der Waals surface area contributed by atoms with Crippen molar-refractivity contribution >= 4 is 5.97 Å². The summed E-state index contributed by atoms with van der Waals surface area (Å²) >= 11 is 0. The normalized spacial score (nSPS) is 7.36. The Morgan fingerprint density at radius 2 is 2.00 bits per heavy atom. The molecule has 14 heavy (non-hydrogen) atoms. The van der Waals surface area contributed by atoms with Crippen LogP contribution in [0.15, 0.2) is 18.7 Å². The van der Waals surface area contributed by atoms with Crippen LogP contribution in [0.3, 0.4) is 0 Å². The molecule has 0 bridgehead atoms. The third-order valence-electron chi connectivity index (χ3n) is 1.19. The summed E-state index contributed by atoms with van der Waals surface area (Å²) in [6, 6.07) is 0. The molecule has 0 unspecified atom stereocenters. The van der Waals surface area contributed by atoms with Crippen molar-refractivity contribution in [1.82, 2.24) is 4.57 Å². The van der Waals surface area contributed by atoms with Gasteiger partial charge < -0.3 is 17.5 Å². The molecule has 0 spiro atoms. The van der Waals surface area contributed by atoms with Gasteiger partial charge in [0.2, 0.25) is 6.33 Å². The monoisotopic (exact) mass is 261 g/mol. The second kappa shape index (κ2) is 10.6. The van der Waals surface area contributed by atoms with Crippen molar-refractivity contribution in [2.24, 2.45) is 7.05 Å². The summed E-state index contributed by atoms with van der Waals surface area (Å²) in [4.78, 5) is 9.00. The molecule has 4 nitrogen and oxygen atoms in total. The Labute approximate surface area is 101 Å². The fraction of sp³-hybridized carbons (Fsp3) is 0.500. The van der Waals surface area contributed by atoms with Crippen LogP contribution in [0.25, 0.3) is 0 Å². The van der Waals surface area contributed by atoms with Crippen LogP contribution in [0.4, 0.5) is 0 Å². The first-order valence-electron chi connectivity index (χ1n) is 3.76. The predicted octanol–water partition coefficient (Wildman–Crippen LogP) is -2.58. The molecule has 83 valence electrons. The Morgan fingerprint density at radius 3 is 2.14 bits per heavy atom. The molecule has 0 atom stereocenters. The molecule has 1 aromatic rings. The maximum Gasteiger partial charge on any atom is 0.300 e. The number of rotatable bonds is 1. The van der Waals surface area contributed by atoms with Crippen molar-refractivity contribution in [2.75, 3.05) is 0 Å². The van der Waals surface area contributed by atoms with Gasteiger partial charge in [0.15, 0.2) is 0 Å². The second-order valence-electron chi connectivity index (χ2n) is 2.43. The van der Waals surface area contributed by atoms with E-state index in [4.69, 9.17) is 9.90 Å². The van der Waals surface area contributed by atoms with E-state index in [1.807, 2.05) is 17.8 Å². The number of carboxylic acid groups (broad SMARTS) is 1. The molecule has 0 saturated heterocycles. The molecule has 0 aliphatic carbocycles. The number of hydrogen-bond donors (Lipinski definition) is 1. The van der Waals surface area contributed by atoms with Crippen molar-refractivity contribution in [3.63, 3.8) is 0 Å². The molecule has 1 aromatic heterocycles. The SMILES string of the molecule is CC(=O)O.CCn1cc[n+](C)c1.[Cl-].[Mn]. The zero-order chi connectivity index (χ0) is 9.56. The Balaban J connectivity index is -0.000000180. The minimum atomic E-state index is -0.833. The molecule has 0 aliphatic rings. The van der Waals surface area contributed by atoms with Crippen LogP contribution in [-0.2, 0) is 35.5 Å². The van der Waals surface area contributed by atoms with Crippen molar-refractivity contribution in [3.05, 3.63) is 18.7 Å². The van der Waals surface area contributed by atoms with Crippen LogP contribution in [-0.4, -0.2) is 15.6 Å². The van der Waals surface area contributed by atoms with Crippen molar-refractivity contribution in [3.8, 4) is 0 Å². The first-order valence-corrected chi connectivity index (χ1v) is 3.76. The molecule has 0 aromatic carbocycles. The molecule has 0 saturated carbocycles. The molecule has 1 rings (SSSR count). The number of aryl methyl sites for hydroxylation is 2. The van der Waals surface area contributed by atoms with Crippen molar-refractivity contribution < 1.29 is 43.9 Å². The van der Waals surface area contributed by atoms with Crippen LogP contribution in [0.5, 0.6) is 0 Å².